The first-order valence-electron chi connectivity index (χ1n) is 3.90. The Morgan fingerprint density at radius 1 is 1.43 bits per heavy atom. The third kappa shape index (κ3) is 3.28. The van der Waals surface area contributed by atoms with Gasteiger partial charge in [0.2, 0.25) is 5.91 Å². The normalized spacial score (nSPS) is 9.57. The summed E-state index contributed by atoms with van der Waals surface area (Å²) in [7, 11) is 6.13. The van der Waals surface area contributed by atoms with Crippen LogP contribution >= 0.6 is 23.2 Å². The molecule has 1 amide bonds. The predicted octanol–water partition coefficient (Wildman–Crippen LogP) is 1.35. The minimum Gasteiger partial charge on any atom is -0.412 e. The second-order valence-electron chi connectivity index (χ2n) is 2.66. The van der Waals surface area contributed by atoms with Crippen LogP contribution in [0.15, 0.2) is 18.2 Å². The fourth-order valence-corrected chi connectivity index (χ4v) is 1.30. The number of carbonyl (C=O) groups excluding carboxylic acids is 1. The van der Waals surface area contributed by atoms with Crippen molar-refractivity contribution in [3.05, 3.63) is 33.8 Å². The van der Waals surface area contributed by atoms with Crippen molar-refractivity contribution in [3.63, 3.8) is 0 Å². The quantitative estimate of drug-likeness (QED) is 0.772. The Kier molecular flexibility index (Phi) is 4.36. The summed E-state index contributed by atoms with van der Waals surface area (Å²) in [5, 5.41) is 3.28. The van der Waals surface area contributed by atoms with Crippen molar-refractivity contribution in [2.24, 2.45) is 0 Å². The van der Waals surface area contributed by atoms with E-state index >= 15 is 0 Å². The van der Waals surface area contributed by atoms with Crippen LogP contribution in [-0.4, -0.2) is 20.9 Å². The molecule has 0 aliphatic heterocycles. The molecule has 0 aliphatic carbocycles. The predicted molar refractivity (Wildman–Crippen MR) is 59.8 cm³/mol. The number of carbonyl (C=O) groups is 1. The zero-order chi connectivity index (χ0) is 10.6. The highest BCUT2D eigenvalue weighted by atomic mass is 35.5. The molecule has 0 heterocycles. The number of hydrogen-bond donors (Lipinski definition) is 1. The highest BCUT2D eigenvalue weighted by Crippen LogP contribution is 2.22. The van der Waals surface area contributed by atoms with Gasteiger partial charge in [-0.15, -0.1) is 0 Å². The molecule has 0 unspecified atom stereocenters. The molecule has 0 aliphatic rings. The molecule has 1 N–H and O–H groups in total. The van der Waals surface area contributed by atoms with Gasteiger partial charge in [-0.2, -0.15) is 0 Å². The van der Waals surface area contributed by atoms with E-state index in [0.29, 0.717) is 10.0 Å². The van der Waals surface area contributed by atoms with Crippen molar-refractivity contribution >= 4 is 44.2 Å². The van der Waals surface area contributed by atoms with Crippen LogP contribution < -0.4 is 5.23 Å². The van der Waals surface area contributed by atoms with E-state index in [4.69, 9.17) is 30.9 Å². The average molecular weight is 225 g/mol. The summed E-state index contributed by atoms with van der Waals surface area (Å²) in [6, 6.07) is 5.04. The molecule has 0 aromatic heterocycles. The molecule has 2 nitrogen and oxygen atoms in total. The lowest BCUT2D eigenvalue weighted by Crippen LogP contribution is -2.28. The second kappa shape index (κ2) is 5.32. The van der Waals surface area contributed by atoms with Gasteiger partial charge < -0.3 is 5.23 Å². The number of nitrogens with one attached hydrogen (secondary N) is 1. The molecule has 1 aromatic carbocycles. The lowest BCUT2D eigenvalue weighted by Gasteiger charge is -2.03. The van der Waals surface area contributed by atoms with Gasteiger partial charge in [0.05, 0.1) is 16.5 Å². The first-order chi connectivity index (χ1) is 6.63. The zero-order valence-electron chi connectivity index (χ0n) is 7.26. The monoisotopic (exact) mass is 224 g/mol. The zero-order valence-corrected chi connectivity index (χ0v) is 8.77. The number of amides is 1. The first kappa shape index (κ1) is 11.5. The summed E-state index contributed by atoms with van der Waals surface area (Å²) < 4.78 is 0. The molecule has 3 radical (unpaired) electrons. The van der Waals surface area contributed by atoms with Gasteiger partial charge in [0, 0.05) is 7.74 Å². The standard InChI is InChI=1S/C8H6B2Cl2NO/c9-10-13-8(14)4-5-1-2-6(11)7(12)3-5/h1-3H,4H2,(H,13,14). The lowest BCUT2D eigenvalue weighted by molar-refractivity contribution is -0.118. The van der Waals surface area contributed by atoms with Gasteiger partial charge in [0.1, 0.15) is 0 Å². The second-order valence-corrected chi connectivity index (χ2v) is 3.47. The fraction of sp³-hybridized carbons (Fsp3) is 0.125. The topological polar surface area (TPSA) is 29.1 Å². The summed E-state index contributed by atoms with van der Waals surface area (Å²) in [4.78, 5) is 11.1. The molecule has 0 saturated heterocycles. The van der Waals surface area contributed by atoms with Crippen LogP contribution in [0, 0.1) is 0 Å². The van der Waals surface area contributed by atoms with E-state index in [-0.39, 0.29) is 12.3 Å². The minimum absolute atomic E-state index is 0.189. The summed E-state index contributed by atoms with van der Waals surface area (Å²) in [6.45, 7) is 0. The van der Waals surface area contributed by atoms with Crippen LogP contribution in [0.2, 0.25) is 10.0 Å². The van der Waals surface area contributed by atoms with Crippen molar-refractivity contribution in [3.8, 4) is 0 Å². The molecule has 14 heavy (non-hydrogen) atoms. The van der Waals surface area contributed by atoms with E-state index in [1.807, 2.05) is 0 Å². The van der Waals surface area contributed by atoms with Crippen molar-refractivity contribution in [1.82, 2.24) is 5.23 Å². The van der Waals surface area contributed by atoms with Crippen LogP contribution in [0.5, 0.6) is 0 Å². The van der Waals surface area contributed by atoms with E-state index in [2.05, 4.69) is 5.23 Å². The fourth-order valence-electron chi connectivity index (χ4n) is 0.979. The highest BCUT2D eigenvalue weighted by Gasteiger charge is 2.04. The van der Waals surface area contributed by atoms with Crippen LogP contribution in [0.3, 0.4) is 0 Å². The van der Waals surface area contributed by atoms with Gasteiger partial charge in [-0.1, -0.05) is 29.3 Å². The van der Waals surface area contributed by atoms with Crippen LogP contribution in [0.1, 0.15) is 5.56 Å². The number of rotatable bonds is 3. The van der Waals surface area contributed by atoms with E-state index in [0.717, 1.165) is 12.9 Å². The van der Waals surface area contributed by atoms with Gasteiger partial charge >= 0.3 is 0 Å². The maximum Gasteiger partial charge on any atom is 0.211 e. The van der Waals surface area contributed by atoms with E-state index in [9.17, 15) is 4.79 Å². The Morgan fingerprint density at radius 2 is 2.14 bits per heavy atom. The molecular weight excluding hydrogens is 219 g/mol. The Balaban J connectivity index is 2.68. The van der Waals surface area contributed by atoms with Gasteiger partial charge in [-0.3, -0.25) is 4.79 Å². The molecule has 69 valence electrons. The third-order valence-electron chi connectivity index (χ3n) is 1.59. The van der Waals surface area contributed by atoms with Crippen molar-refractivity contribution < 1.29 is 4.79 Å². The maximum atomic E-state index is 11.1. The Labute approximate surface area is 94.6 Å². The van der Waals surface area contributed by atoms with E-state index < -0.39 is 0 Å². The largest absolute Gasteiger partial charge is 0.412 e. The van der Waals surface area contributed by atoms with Gasteiger partial charge in [0.25, 0.3) is 0 Å². The summed E-state index contributed by atoms with van der Waals surface area (Å²) in [5.41, 5.74) is 0.791. The maximum absolute atomic E-state index is 11.1. The number of hydrogen-bond acceptors (Lipinski definition) is 1. The molecular formula is C8H6B2Cl2NO. The average Bonchev–Trinajstić information content (AvgIpc) is 2.12. The lowest BCUT2D eigenvalue weighted by atomic mass is 9.67. The summed E-state index contributed by atoms with van der Waals surface area (Å²) in [6.07, 6.45) is 0.227. The van der Waals surface area contributed by atoms with E-state index in [1.54, 1.807) is 18.2 Å². The Morgan fingerprint density at radius 3 is 2.71 bits per heavy atom. The molecule has 0 saturated carbocycles. The molecule has 6 heteroatoms. The van der Waals surface area contributed by atoms with Gasteiger partial charge in [0.15, 0.2) is 7.31 Å². The van der Waals surface area contributed by atoms with Gasteiger partial charge in [-0.05, 0) is 17.7 Å². The van der Waals surface area contributed by atoms with Crippen molar-refractivity contribution in [2.75, 3.05) is 0 Å². The third-order valence-corrected chi connectivity index (χ3v) is 2.33. The first-order valence-corrected chi connectivity index (χ1v) is 4.66. The number of benzene rings is 1. The van der Waals surface area contributed by atoms with Crippen LogP contribution in [0.25, 0.3) is 0 Å². The molecule has 0 atom stereocenters. The molecule has 1 rings (SSSR count). The van der Waals surface area contributed by atoms with Crippen LogP contribution in [-0.2, 0) is 11.2 Å². The molecule has 0 fully saturated rings. The van der Waals surface area contributed by atoms with Crippen LogP contribution in [0.4, 0.5) is 0 Å². The highest BCUT2D eigenvalue weighted by molar-refractivity contribution is 6.89. The van der Waals surface area contributed by atoms with Gasteiger partial charge in [-0.25, -0.2) is 0 Å². The summed E-state index contributed by atoms with van der Waals surface area (Å²) in [5.74, 6) is -0.189. The Hall–Kier alpha value is -0.600. The smallest absolute Gasteiger partial charge is 0.211 e. The Bertz CT molecular complexity index is 346. The molecule has 0 spiro atoms. The van der Waals surface area contributed by atoms with E-state index in [1.165, 1.54) is 0 Å². The number of halogens is 2. The molecule has 0 bridgehead atoms. The minimum atomic E-state index is -0.189. The van der Waals surface area contributed by atoms with Crippen molar-refractivity contribution in [2.45, 2.75) is 6.42 Å². The summed E-state index contributed by atoms with van der Waals surface area (Å²) >= 11 is 11.5. The van der Waals surface area contributed by atoms with Crippen molar-refractivity contribution in [1.29, 1.82) is 0 Å². The molecule has 1 aromatic rings. The SMILES string of the molecule is [B][B]NC(=O)Cc1ccc(Cl)c(Cl)c1.